The van der Waals surface area contributed by atoms with Gasteiger partial charge in [-0.2, -0.15) is 0 Å². The molecule has 1 N–H and O–H groups in total. The van der Waals surface area contributed by atoms with E-state index < -0.39 is 23.5 Å². The minimum absolute atomic E-state index is 0.0502. The number of aliphatic imine (C=N–C) groups is 1. The maximum atomic E-state index is 13.7. The number of halogens is 3. The van der Waals surface area contributed by atoms with Gasteiger partial charge < -0.3 is 15.1 Å². The molecular formula is C23H25ClF2N4O2. The molecule has 1 saturated heterocycles. The second-order valence-electron chi connectivity index (χ2n) is 7.80. The zero-order valence-electron chi connectivity index (χ0n) is 17.8. The van der Waals surface area contributed by atoms with Crippen LogP contribution in [0.2, 0.25) is 0 Å². The van der Waals surface area contributed by atoms with Crippen molar-refractivity contribution >= 4 is 41.5 Å². The Bertz CT molecular complexity index is 1010. The smallest absolute Gasteiger partial charge is 0.289 e. The van der Waals surface area contributed by atoms with Gasteiger partial charge in [0, 0.05) is 55.5 Å². The number of nitrogens with one attached hydrogen (secondary N) is 1. The van der Waals surface area contributed by atoms with Crippen LogP contribution in [0.5, 0.6) is 0 Å². The first-order valence-corrected chi connectivity index (χ1v) is 10.7. The van der Waals surface area contributed by atoms with E-state index in [1.54, 1.807) is 9.80 Å². The molecule has 0 bridgehead atoms. The van der Waals surface area contributed by atoms with Gasteiger partial charge in [-0.1, -0.05) is 17.7 Å². The van der Waals surface area contributed by atoms with Crippen molar-refractivity contribution < 1.29 is 18.4 Å². The summed E-state index contributed by atoms with van der Waals surface area (Å²) in [5.74, 6) is -2.22. The minimum Gasteiger partial charge on any atom is -0.367 e. The zero-order chi connectivity index (χ0) is 23.3. The van der Waals surface area contributed by atoms with E-state index in [9.17, 15) is 18.4 Å². The summed E-state index contributed by atoms with van der Waals surface area (Å²) in [6.45, 7) is 6.20. The van der Waals surface area contributed by atoms with Crippen molar-refractivity contribution in [3.8, 4) is 0 Å². The number of allylic oxidation sites excluding steroid dienone is 3. The standard InChI is InChI=1S/C23H25ClF2N4O2/c1-15-5-6-19(30-7-3-4-22(30)31)11-21(15)28-14-29(13-20(24)23(32)27-2)12-16-8-17(25)10-18(26)9-16/h5-6,8,10-11,13,16,28H,2-4,7,9,12,14H2,1H3/b20-13+. The Morgan fingerprint density at radius 1 is 1.44 bits per heavy atom. The van der Waals surface area contributed by atoms with Crippen LogP contribution in [0.4, 0.5) is 20.2 Å². The van der Waals surface area contributed by atoms with Gasteiger partial charge in [0.25, 0.3) is 5.91 Å². The summed E-state index contributed by atoms with van der Waals surface area (Å²) in [7, 11) is 0. The third-order valence-electron chi connectivity index (χ3n) is 5.34. The third-order valence-corrected chi connectivity index (χ3v) is 5.60. The highest BCUT2D eigenvalue weighted by Gasteiger charge is 2.22. The van der Waals surface area contributed by atoms with E-state index in [0.717, 1.165) is 29.4 Å². The van der Waals surface area contributed by atoms with E-state index in [0.29, 0.717) is 13.0 Å². The van der Waals surface area contributed by atoms with Gasteiger partial charge in [0.1, 0.15) is 16.7 Å². The first kappa shape index (κ1) is 23.7. The zero-order valence-corrected chi connectivity index (χ0v) is 18.5. The van der Waals surface area contributed by atoms with Crippen LogP contribution in [0.25, 0.3) is 0 Å². The number of anilines is 2. The van der Waals surface area contributed by atoms with Gasteiger partial charge in [-0.15, -0.1) is 0 Å². The Morgan fingerprint density at radius 3 is 2.88 bits per heavy atom. The number of nitrogens with zero attached hydrogens (tertiary/aromatic N) is 3. The molecule has 1 heterocycles. The molecule has 1 atom stereocenters. The monoisotopic (exact) mass is 462 g/mol. The summed E-state index contributed by atoms with van der Waals surface area (Å²) in [4.78, 5) is 30.5. The quantitative estimate of drug-likeness (QED) is 0.341. The maximum Gasteiger partial charge on any atom is 0.289 e. The van der Waals surface area contributed by atoms with Gasteiger partial charge in [-0.25, -0.2) is 13.8 Å². The van der Waals surface area contributed by atoms with Crippen molar-refractivity contribution in [1.29, 1.82) is 0 Å². The molecule has 9 heteroatoms. The summed E-state index contributed by atoms with van der Waals surface area (Å²) < 4.78 is 27.4. The molecule has 1 unspecified atom stereocenters. The molecule has 1 aliphatic heterocycles. The van der Waals surface area contributed by atoms with E-state index in [-0.39, 0.29) is 30.6 Å². The van der Waals surface area contributed by atoms with Crippen molar-refractivity contribution in [2.45, 2.75) is 26.2 Å². The fraction of sp³-hybridized carbons (Fsp3) is 0.348. The third kappa shape index (κ3) is 6.03. The summed E-state index contributed by atoms with van der Waals surface area (Å²) >= 11 is 6.03. The lowest BCUT2D eigenvalue weighted by atomic mass is 9.99. The Morgan fingerprint density at radius 2 is 2.22 bits per heavy atom. The maximum absolute atomic E-state index is 13.7. The number of hydrogen-bond donors (Lipinski definition) is 1. The fourth-order valence-electron chi connectivity index (χ4n) is 3.74. The molecular weight excluding hydrogens is 438 g/mol. The fourth-order valence-corrected chi connectivity index (χ4v) is 3.94. The summed E-state index contributed by atoms with van der Waals surface area (Å²) in [5.41, 5.74) is 2.55. The molecule has 0 radical (unpaired) electrons. The summed E-state index contributed by atoms with van der Waals surface area (Å²) in [6, 6.07) is 5.71. The van der Waals surface area contributed by atoms with Crippen molar-refractivity contribution in [2.24, 2.45) is 10.9 Å². The molecule has 6 nitrogen and oxygen atoms in total. The summed E-state index contributed by atoms with van der Waals surface area (Å²) in [5, 5.41) is 3.11. The van der Waals surface area contributed by atoms with Crippen LogP contribution in [0.15, 0.2) is 58.2 Å². The molecule has 3 rings (SSSR count). The van der Waals surface area contributed by atoms with Crippen LogP contribution < -0.4 is 10.2 Å². The number of benzene rings is 1. The lowest BCUT2D eigenvalue weighted by Gasteiger charge is -2.27. The van der Waals surface area contributed by atoms with Crippen LogP contribution in [-0.2, 0) is 9.59 Å². The Hall–Kier alpha value is -3.00. The molecule has 0 saturated carbocycles. The molecule has 1 aromatic rings. The molecule has 1 aromatic carbocycles. The Labute approximate surface area is 190 Å². The second kappa shape index (κ2) is 10.5. The van der Waals surface area contributed by atoms with Crippen LogP contribution in [0.3, 0.4) is 0 Å². The predicted molar refractivity (Wildman–Crippen MR) is 123 cm³/mol. The van der Waals surface area contributed by atoms with E-state index in [1.165, 1.54) is 12.3 Å². The lowest BCUT2D eigenvalue weighted by molar-refractivity contribution is -0.117. The molecule has 1 fully saturated rings. The Balaban J connectivity index is 1.77. The highest BCUT2D eigenvalue weighted by atomic mass is 35.5. The molecule has 32 heavy (non-hydrogen) atoms. The molecule has 170 valence electrons. The van der Waals surface area contributed by atoms with Gasteiger partial charge >= 0.3 is 0 Å². The van der Waals surface area contributed by atoms with E-state index >= 15 is 0 Å². The number of carbonyl (C=O) groups excluding carboxylic acids is 2. The predicted octanol–water partition coefficient (Wildman–Crippen LogP) is 4.83. The summed E-state index contributed by atoms with van der Waals surface area (Å²) in [6.07, 6.45) is 5.01. The van der Waals surface area contributed by atoms with Crippen molar-refractivity contribution in [2.75, 3.05) is 30.0 Å². The average molecular weight is 463 g/mol. The lowest BCUT2D eigenvalue weighted by Crippen LogP contribution is -2.31. The molecule has 0 spiro atoms. The first-order valence-electron chi connectivity index (χ1n) is 10.3. The van der Waals surface area contributed by atoms with Gasteiger partial charge in [-0.3, -0.25) is 9.59 Å². The molecule has 2 aliphatic rings. The molecule has 0 aromatic heterocycles. The number of hydrogen-bond acceptors (Lipinski definition) is 4. The SMILES string of the molecule is C=NC(=O)/C(Cl)=C\N(CNc1cc(N2CCCC2=O)ccc1C)CC1C=C(F)C=C(F)C1. The highest BCUT2D eigenvalue weighted by Crippen LogP contribution is 2.28. The van der Waals surface area contributed by atoms with Gasteiger partial charge in [0.05, 0.1) is 6.67 Å². The van der Waals surface area contributed by atoms with Crippen LogP contribution >= 0.6 is 11.6 Å². The number of amides is 2. The highest BCUT2D eigenvalue weighted by molar-refractivity contribution is 6.42. The second-order valence-corrected chi connectivity index (χ2v) is 8.21. The van der Waals surface area contributed by atoms with Crippen molar-refractivity contribution in [1.82, 2.24) is 4.90 Å². The molecule has 2 amide bonds. The number of rotatable bonds is 8. The normalized spacial score (nSPS) is 18.9. The van der Waals surface area contributed by atoms with Crippen molar-refractivity contribution in [3.05, 3.63) is 58.8 Å². The average Bonchev–Trinajstić information content (AvgIpc) is 3.17. The van der Waals surface area contributed by atoms with E-state index in [1.807, 2.05) is 25.1 Å². The van der Waals surface area contributed by atoms with Gasteiger partial charge in [0.15, 0.2) is 0 Å². The minimum atomic E-state index is -0.696. The van der Waals surface area contributed by atoms with Crippen LogP contribution in [0, 0.1) is 12.8 Å². The van der Waals surface area contributed by atoms with Crippen molar-refractivity contribution in [3.63, 3.8) is 0 Å². The number of aryl methyl sites for hydroxylation is 1. The first-order chi connectivity index (χ1) is 15.3. The number of carbonyl (C=O) groups is 2. The van der Waals surface area contributed by atoms with Crippen LogP contribution in [0.1, 0.15) is 24.8 Å². The molecule has 1 aliphatic carbocycles. The topological polar surface area (TPSA) is 65.0 Å². The Kier molecular flexibility index (Phi) is 7.80. The van der Waals surface area contributed by atoms with Crippen LogP contribution in [-0.4, -0.2) is 43.2 Å². The van der Waals surface area contributed by atoms with Gasteiger partial charge in [0.2, 0.25) is 5.91 Å². The largest absolute Gasteiger partial charge is 0.367 e. The van der Waals surface area contributed by atoms with Gasteiger partial charge in [-0.05, 0) is 43.8 Å². The van der Waals surface area contributed by atoms with E-state index in [4.69, 9.17) is 11.6 Å². The van der Waals surface area contributed by atoms with E-state index in [2.05, 4.69) is 17.0 Å².